The summed E-state index contributed by atoms with van der Waals surface area (Å²) in [6, 6.07) is 4.62. The van der Waals surface area contributed by atoms with Crippen LogP contribution in [0.25, 0.3) is 0 Å². The SMILES string of the molecule is C=C(I)/C=C\C(=C)S(=O)(=O)c1ccc(F)cc1. The van der Waals surface area contributed by atoms with Gasteiger partial charge in [0.1, 0.15) is 5.82 Å². The molecule has 0 saturated carbocycles. The molecule has 0 bridgehead atoms. The molecule has 2 nitrogen and oxygen atoms in total. The summed E-state index contributed by atoms with van der Waals surface area (Å²) in [6.45, 7) is 7.09. The maximum Gasteiger partial charge on any atom is 0.206 e. The topological polar surface area (TPSA) is 34.1 Å². The lowest BCUT2D eigenvalue weighted by Gasteiger charge is -2.03. The molecule has 0 spiro atoms. The van der Waals surface area contributed by atoms with Gasteiger partial charge in [-0.3, -0.25) is 0 Å². The van der Waals surface area contributed by atoms with Crippen molar-refractivity contribution in [1.29, 1.82) is 0 Å². The first-order valence-corrected chi connectivity index (χ1v) is 7.12. The molecule has 1 aromatic rings. The molecule has 0 unspecified atom stereocenters. The van der Waals surface area contributed by atoms with Gasteiger partial charge in [-0.25, -0.2) is 12.8 Å². The van der Waals surface area contributed by atoms with E-state index in [1.165, 1.54) is 18.2 Å². The molecule has 1 aromatic carbocycles. The van der Waals surface area contributed by atoms with Gasteiger partial charge in [0.2, 0.25) is 9.84 Å². The van der Waals surface area contributed by atoms with Crippen molar-refractivity contribution < 1.29 is 12.8 Å². The van der Waals surface area contributed by atoms with Crippen LogP contribution in [-0.4, -0.2) is 8.42 Å². The van der Waals surface area contributed by atoms with E-state index in [0.29, 0.717) is 3.58 Å². The van der Waals surface area contributed by atoms with Crippen LogP contribution in [0, 0.1) is 5.82 Å². The Bertz CT molecular complexity index is 571. The van der Waals surface area contributed by atoms with Crippen molar-refractivity contribution in [3.8, 4) is 0 Å². The Morgan fingerprint density at radius 1 is 1.18 bits per heavy atom. The fourth-order valence-corrected chi connectivity index (χ4v) is 2.26. The van der Waals surface area contributed by atoms with Crippen molar-refractivity contribution in [2.45, 2.75) is 4.90 Å². The molecule has 0 amide bonds. The Kier molecular flexibility index (Phi) is 4.64. The van der Waals surface area contributed by atoms with E-state index in [9.17, 15) is 12.8 Å². The second-order valence-corrected chi connectivity index (χ2v) is 6.59. The second kappa shape index (κ2) is 5.59. The van der Waals surface area contributed by atoms with Crippen LogP contribution in [0.4, 0.5) is 4.39 Å². The predicted octanol–water partition coefficient (Wildman–Crippen LogP) is 3.62. The van der Waals surface area contributed by atoms with Gasteiger partial charge in [-0.2, -0.15) is 0 Å². The van der Waals surface area contributed by atoms with Crippen LogP contribution in [0.3, 0.4) is 0 Å². The Labute approximate surface area is 114 Å². The van der Waals surface area contributed by atoms with E-state index < -0.39 is 15.7 Å². The number of halogens is 2. The molecule has 0 atom stereocenters. The van der Waals surface area contributed by atoms with Crippen molar-refractivity contribution in [2.24, 2.45) is 0 Å². The molecule has 1 rings (SSSR count). The maximum atomic E-state index is 12.7. The average molecular weight is 364 g/mol. The van der Waals surface area contributed by atoms with Gasteiger partial charge in [0.05, 0.1) is 9.80 Å². The third-order valence-electron chi connectivity index (χ3n) is 1.92. The summed E-state index contributed by atoms with van der Waals surface area (Å²) < 4.78 is 37.3. The van der Waals surface area contributed by atoms with Gasteiger partial charge >= 0.3 is 0 Å². The van der Waals surface area contributed by atoms with Crippen molar-refractivity contribution in [3.05, 3.63) is 63.9 Å². The lowest BCUT2D eigenvalue weighted by molar-refractivity contribution is 0.601. The van der Waals surface area contributed by atoms with Crippen molar-refractivity contribution >= 4 is 32.4 Å². The fourth-order valence-electron chi connectivity index (χ4n) is 1.04. The molecule has 0 aliphatic carbocycles. The predicted molar refractivity (Wildman–Crippen MR) is 75.0 cm³/mol. The van der Waals surface area contributed by atoms with Crippen LogP contribution in [0.2, 0.25) is 0 Å². The van der Waals surface area contributed by atoms with E-state index in [1.807, 2.05) is 22.6 Å². The van der Waals surface area contributed by atoms with Gasteiger partial charge in [-0.1, -0.05) is 13.2 Å². The van der Waals surface area contributed by atoms with Crippen LogP contribution in [0.5, 0.6) is 0 Å². The lowest BCUT2D eigenvalue weighted by atomic mass is 10.4. The Hall–Kier alpha value is -0.950. The summed E-state index contributed by atoms with van der Waals surface area (Å²) in [7, 11) is -3.64. The molecule has 0 aliphatic heterocycles. The van der Waals surface area contributed by atoms with E-state index in [4.69, 9.17) is 0 Å². The number of hydrogen-bond acceptors (Lipinski definition) is 2. The monoisotopic (exact) mass is 364 g/mol. The van der Waals surface area contributed by atoms with Crippen LogP contribution in [0.1, 0.15) is 0 Å². The maximum absolute atomic E-state index is 12.7. The molecule has 0 N–H and O–H groups in total. The van der Waals surface area contributed by atoms with E-state index in [-0.39, 0.29) is 9.80 Å². The quantitative estimate of drug-likeness (QED) is 0.465. The molecule has 0 heterocycles. The number of rotatable bonds is 4. The summed E-state index contributed by atoms with van der Waals surface area (Å²) in [5, 5.41) is 0. The normalized spacial score (nSPS) is 11.6. The number of benzene rings is 1. The number of hydrogen-bond donors (Lipinski definition) is 0. The van der Waals surface area contributed by atoms with Crippen LogP contribution in [0.15, 0.2) is 63.0 Å². The largest absolute Gasteiger partial charge is 0.219 e. The summed E-state index contributed by atoms with van der Waals surface area (Å²) in [5.41, 5.74) is 0. The first-order chi connectivity index (χ1) is 7.84. The standard InChI is InChI=1S/C12H10FIO2S/c1-9(14)3-4-10(2)17(15,16)12-7-5-11(13)6-8-12/h3-8H,1-2H2/b4-3-. The third-order valence-corrected chi connectivity index (χ3v) is 4.00. The van der Waals surface area contributed by atoms with Gasteiger partial charge in [-0.15, -0.1) is 0 Å². The highest BCUT2D eigenvalue weighted by molar-refractivity contribution is 14.1. The zero-order chi connectivity index (χ0) is 13.1. The summed E-state index contributed by atoms with van der Waals surface area (Å²) in [4.78, 5) is -0.0328. The minimum Gasteiger partial charge on any atom is -0.219 e. The smallest absolute Gasteiger partial charge is 0.206 e. The highest BCUT2D eigenvalue weighted by Crippen LogP contribution is 2.20. The van der Waals surface area contributed by atoms with Crippen LogP contribution >= 0.6 is 22.6 Å². The lowest BCUT2D eigenvalue weighted by Crippen LogP contribution is -2.02. The minimum atomic E-state index is -3.64. The van der Waals surface area contributed by atoms with Crippen molar-refractivity contribution in [2.75, 3.05) is 0 Å². The fraction of sp³-hybridized carbons (Fsp3) is 0. The Balaban J connectivity index is 3.08. The summed E-state index contributed by atoms with van der Waals surface area (Å²) in [6.07, 6.45) is 2.91. The van der Waals surface area contributed by atoms with Crippen molar-refractivity contribution in [1.82, 2.24) is 0 Å². The molecule has 17 heavy (non-hydrogen) atoms. The first-order valence-electron chi connectivity index (χ1n) is 4.56. The van der Waals surface area contributed by atoms with E-state index in [1.54, 1.807) is 6.08 Å². The molecule has 0 fully saturated rings. The number of allylic oxidation sites excluding steroid dienone is 3. The number of sulfone groups is 1. The van der Waals surface area contributed by atoms with Gasteiger partial charge in [-0.05, 0) is 59.0 Å². The second-order valence-electron chi connectivity index (χ2n) is 3.20. The van der Waals surface area contributed by atoms with Gasteiger partial charge < -0.3 is 0 Å². The van der Waals surface area contributed by atoms with Crippen LogP contribution < -0.4 is 0 Å². The highest BCUT2D eigenvalue weighted by Gasteiger charge is 2.16. The minimum absolute atomic E-state index is 0.0209. The van der Waals surface area contributed by atoms with E-state index in [2.05, 4.69) is 13.2 Å². The van der Waals surface area contributed by atoms with E-state index in [0.717, 1.165) is 12.1 Å². The van der Waals surface area contributed by atoms with Crippen molar-refractivity contribution in [3.63, 3.8) is 0 Å². The Morgan fingerprint density at radius 3 is 2.18 bits per heavy atom. The molecule has 5 heteroatoms. The van der Waals surface area contributed by atoms with Crippen LogP contribution in [-0.2, 0) is 9.84 Å². The third kappa shape index (κ3) is 3.78. The zero-order valence-electron chi connectivity index (χ0n) is 8.86. The summed E-state index contributed by atoms with van der Waals surface area (Å²) in [5.74, 6) is -0.481. The molecule has 0 aliphatic rings. The highest BCUT2D eigenvalue weighted by atomic mass is 127. The molecule has 90 valence electrons. The molecule has 0 saturated heterocycles. The van der Waals surface area contributed by atoms with E-state index >= 15 is 0 Å². The van der Waals surface area contributed by atoms with Gasteiger partial charge in [0.15, 0.2) is 0 Å². The first kappa shape index (κ1) is 14.1. The molecule has 0 radical (unpaired) electrons. The summed E-state index contributed by atoms with van der Waals surface area (Å²) >= 11 is 1.96. The average Bonchev–Trinajstić information content (AvgIpc) is 2.26. The molecular weight excluding hydrogens is 354 g/mol. The van der Waals surface area contributed by atoms with Gasteiger partial charge in [0, 0.05) is 3.58 Å². The van der Waals surface area contributed by atoms with Gasteiger partial charge in [0.25, 0.3) is 0 Å². The zero-order valence-corrected chi connectivity index (χ0v) is 11.8. The Morgan fingerprint density at radius 2 is 1.71 bits per heavy atom. The molecule has 0 aromatic heterocycles. The molecular formula is C12H10FIO2S.